The predicted molar refractivity (Wildman–Crippen MR) is 87.0 cm³/mol. The van der Waals surface area contributed by atoms with Gasteiger partial charge in [-0.15, -0.1) is 12.4 Å². The number of amides is 1. The summed E-state index contributed by atoms with van der Waals surface area (Å²) in [5, 5.41) is 3.02. The second-order valence-corrected chi connectivity index (χ2v) is 6.04. The van der Waals surface area contributed by atoms with Crippen molar-refractivity contribution in [3.8, 4) is 0 Å². The van der Waals surface area contributed by atoms with Crippen LogP contribution in [0.4, 0.5) is 0 Å². The Labute approximate surface area is 134 Å². The molecule has 0 aliphatic carbocycles. The first-order valence-corrected chi connectivity index (χ1v) is 7.36. The van der Waals surface area contributed by atoms with Crippen molar-refractivity contribution >= 4 is 34.2 Å². The Balaban J connectivity index is 0.00000200. The lowest BCUT2D eigenvalue weighted by Gasteiger charge is -2.18. The Morgan fingerprint density at radius 1 is 1.50 bits per heavy atom. The van der Waals surface area contributed by atoms with Gasteiger partial charge in [0.05, 0.1) is 12.6 Å². The Morgan fingerprint density at radius 3 is 2.70 bits per heavy atom. The Hall–Kier alpha value is -0.620. The molecule has 6 heteroatoms. The molecule has 1 aliphatic heterocycles. The van der Waals surface area contributed by atoms with E-state index < -0.39 is 0 Å². The number of likely N-dealkylation sites (tertiary alicyclic amines) is 1. The van der Waals surface area contributed by atoms with E-state index in [4.69, 9.17) is 5.73 Å². The molecule has 20 heavy (non-hydrogen) atoms. The number of nitrogens with one attached hydrogen (secondary N) is 1. The molecule has 1 fully saturated rings. The zero-order chi connectivity index (χ0) is 13.8. The summed E-state index contributed by atoms with van der Waals surface area (Å²) in [4.78, 5) is 14.1. The molecule has 0 bridgehead atoms. The number of nitrogens with zero attached hydrogens (tertiary/aromatic N) is 1. The molecule has 1 saturated heterocycles. The fraction of sp³-hybridized carbons (Fsp3) is 0.500. The van der Waals surface area contributed by atoms with E-state index in [0.29, 0.717) is 6.54 Å². The van der Waals surface area contributed by atoms with Crippen LogP contribution < -0.4 is 11.1 Å². The third-order valence-electron chi connectivity index (χ3n) is 3.42. The summed E-state index contributed by atoms with van der Waals surface area (Å²) < 4.78 is 1.04. The molecular formula is C14H21BrClN3O. The third-order valence-corrected chi connectivity index (χ3v) is 3.95. The SMILES string of the molecule is CC(NC(=O)CN1CCC(N)C1)c1ccc(Br)cc1.Cl. The van der Waals surface area contributed by atoms with Crippen LogP contribution in [-0.2, 0) is 4.79 Å². The molecule has 112 valence electrons. The van der Waals surface area contributed by atoms with Gasteiger partial charge in [-0.3, -0.25) is 9.69 Å². The molecule has 2 atom stereocenters. The summed E-state index contributed by atoms with van der Waals surface area (Å²) in [6, 6.07) is 8.24. The lowest BCUT2D eigenvalue weighted by Crippen LogP contribution is -2.38. The monoisotopic (exact) mass is 361 g/mol. The average molecular weight is 363 g/mol. The molecular weight excluding hydrogens is 342 g/mol. The van der Waals surface area contributed by atoms with Gasteiger partial charge >= 0.3 is 0 Å². The fourth-order valence-electron chi connectivity index (χ4n) is 2.33. The van der Waals surface area contributed by atoms with E-state index in [1.807, 2.05) is 31.2 Å². The number of benzene rings is 1. The van der Waals surface area contributed by atoms with Crippen LogP contribution >= 0.6 is 28.3 Å². The minimum Gasteiger partial charge on any atom is -0.348 e. The quantitative estimate of drug-likeness (QED) is 0.862. The zero-order valence-corrected chi connectivity index (χ0v) is 13.9. The highest BCUT2D eigenvalue weighted by molar-refractivity contribution is 9.10. The predicted octanol–water partition coefficient (Wildman–Crippen LogP) is 2.08. The van der Waals surface area contributed by atoms with Gasteiger partial charge in [-0.1, -0.05) is 28.1 Å². The van der Waals surface area contributed by atoms with Gasteiger partial charge in [0.1, 0.15) is 0 Å². The van der Waals surface area contributed by atoms with Crippen LogP contribution in [0.5, 0.6) is 0 Å². The van der Waals surface area contributed by atoms with Crippen LogP contribution in [0.1, 0.15) is 24.9 Å². The maximum absolute atomic E-state index is 12.0. The standard InChI is InChI=1S/C14H20BrN3O.ClH/c1-10(11-2-4-12(15)5-3-11)17-14(19)9-18-7-6-13(16)8-18;/h2-5,10,13H,6-9,16H2,1H3,(H,17,19);1H. The molecule has 4 nitrogen and oxygen atoms in total. The van der Waals surface area contributed by atoms with Crippen LogP contribution in [0.3, 0.4) is 0 Å². The van der Waals surface area contributed by atoms with Gasteiger partial charge in [-0.2, -0.15) is 0 Å². The molecule has 0 saturated carbocycles. The highest BCUT2D eigenvalue weighted by atomic mass is 79.9. The molecule has 3 N–H and O–H groups in total. The van der Waals surface area contributed by atoms with E-state index in [2.05, 4.69) is 26.1 Å². The second-order valence-electron chi connectivity index (χ2n) is 5.12. The molecule has 0 spiro atoms. The summed E-state index contributed by atoms with van der Waals surface area (Å²) in [6.45, 7) is 4.17. The smallest absolute Gasteiger partial charge is 0.234 e. The number of carbonyl (C=O) groups is 1. The van der Waals surface area contributed by atoms with Crippen molar-refractivity contribution in [3.63, 3.8) is 0 Å². The molecule has 1 amide bonds. The number of carbonyl (C=O) groups excluding carboxylic acids is 1. The van der Waals surface area contributed by atoms with Crippen molar-refractivity contribution in [2.45, 2.75) is 25.4 Å². The molecule has 0 radical (unpaired) electrons. The van der Waals surface area contributed by atoms with E-state index >= 15 is 0 Å². The fourth-order valence-corrected chi connectivity index (χ4v) is 2.60. The van der Waals surface area contributed by atoms with E-state index in [-0.39, 0.29) is 30.4 Å². The van der Waals surface area contributed by atoms with E-state index in [0.717, 1.165) is 29.5 Å². The van der Waals surface area contributed by atoms with Crippen molar-refractivity contribution in [1.29, 1.82) is 0 Å². The molecule has 1 heterocycles. The van der Waals surface area contributed by atoms with Gasteiger partial charge in [0.25, 0.3) is 0 Å². The number of hydrogen-bond acceptors (Lipinski definition) is 3. The molecule has 2 rings (SSSR count). The van der Waals surface area contributed by atoms with Crippen LogP contribution in [0.2, 0.25) is 0 Å². The summed E-state index contributed by atoms with van der Waals surface area (Å²) in [5.41, 5.74) is 6.94. The second kappa shape index (κ2) is 7.98. The first-order valence-electron chi connectivity index (χ1n) is 6.57. The maximum Gasteiger partial charge on any atom is 0.234 e. The summed E-state index contributed by atoms with van der Waals surface area (Å²) in [6.07, 6.45) is 0.982. The van der Waals surface area contributed by atoms with Gasteiger partial charge < -0.3 is 11.1 Å². The minimum atomic E-state index is 0. The lowest BCUT2D eigenvalue weighted by molar-refractivity contribution is -0.122. The summed E-state index contributed by atoms with van der Waals surface area (Å²) in [7, 11) is 0. The topological polar surface area (TPSA) is 58.4 Å². The number of hydrogen-bond donors (Lipinski definition) is 2. The van der Waals surface area contributed by atoms with Crippen LogP contribution in [0.25, 0.3) is 0 Å². The van der Waals surface area contributed by atoms with Crippen molar-refractivity contribution < 1.29 is 4.79 Å². The zero-order valence-electron chi connectivity index (χ0n) is 11.5. The highest BCUT2D eigenvalue weighted by Gasteiger charge is 2.21. The van der Waals surface area contributed by atoms with Crippen LogP contribution in [0, 0.1) is 0 Å². The summed E-state index contributed by atoms with van der Waals surface area (Å²) >= 11 is 3.40. The first-order chi connectivity index (χ1) is 9.04. The van der Waals surface area contributed by atoms with Crippen molar-refractivity contribution in [2.24, 2.45) is 5.73 Å². The molecule has 1 aromatic rings. The van der Waals surface area contributed by atoms with E-state index in [1.54, 1.807) is 0 Å². The molecule has 2 unspecified atom stereocenters. The Morgan fingerprint density at radius 2 is 2.15 bits per heavy atom. The van der Waals surface area contributed by atoms with Crippen LogP contribution in [-0.4, -0.2) is 36.5 Å². The van der Waals surface area contributed by atoms with E-state index in [9.17, 15) is 4.79 Å². The van der Waals surface area contributed by atoms with Gasteiger partial charge in [0.15, 0.2) is 0 Å². The molecule has 1 aliphatic rings. The number of halogens is 2. The maximum atomic E-state index is 12.0. The Bertz CT molecular complexity index is 441. The van der Waals surface area contributed by atoms with Crippen molar-refractivity contribution in [3.05, 3.63) is 34.3 Å². The average Bonchev–Trinajstić information content (AvgIpc) is 2.75. The normalized spacial score (nSPS) is 20.2. The van der Waals surface area contributed by atoms with E-state index in [1.165, 1.54) is 0 Å². The van der Waals surface area contributed by atoms with Crippen molar-refractivity contribution in [1.82, 2.24) is 10.2 Å². The van der Waals surface area contributed by atoms with Crippen molar-refractivity contribution in [2.75, 3.05) is 19.6 Å². The third kappa shape index (κ3) is 5.05. The van der Waals surface area contributed by atoms with Gasteiger partial charge in [0, 0.05) is 23.6 Å². The number of nitrogens with two attached hydrogens (primary N) is 1. The highest BCUT2D eigenvalue weighted by Crippen LogP contribution is 2.16. The Kier molecular flexibility index (Phi) is 6.95. The largest absolute Gasteiger partial charge is 0.348 e. The molecule has 1 aromatic carbocycles. The van der Waals surface area contributed by atoms with Gasteiger partial charge in [-0.25, -0.2) is 0 Å². The number of rotatable bonds is 4. The van der Waals surface area contributed by atoms with Gasteiger partial charge in [-0.05, 0) is 31.0 Å². The summed E-state index contributed by atoms with van der Waals surface area (Å²) in [5.74, 6) is 0.0597. The van der Waals surface area contributed by atoms with Gasteiger partial charge in [0.2, 0.25) is 5.91 Å². The van der Waals surface area contributed by atoms with Crippen LogP contribution in [0.15, 0.2) is 28.7 Å². The lowest BCUT2D eigenvalue weighted by atomic mass is 10.1. The first kappa shape index (κ1) is 17.4. The minimum absolute atomic E-state index is 0. The molecule has 0 aromatic heterocycles.